The average molecular weight is 234 g/mol. The Morgan fingerprint density at radius 2 is 2.00 bits per heavy atom. The van der Waals surface area contributed by atoms with Crippen molar-refractivity contribution in [3.8, 4) is 0 Å². The van der Waals surface area contributed by atoms with Crippen molar-refractivity contribution in [2.45, 2.75) is 60.3 Å². The highest BCUT2D eigenvalue weighted by molar-refractivity contribution is 5.76. The summed E-state index contributed by atoms with van der Waals surface area (Å²) in [7, 11) is 0. The molecule has 17 heavy (non-hydrogen) atoms. The number of hydrogen-bond acceptors (Lipinski definition) is 1. The highest BCUT2D eigenvalue weighted by atomic mass is 16.1. The first-order valence-corrected chi connectivity index (χ1v) is 7.08. The van der Waals surface area contributed by atoms with Crippen molar-refractivity contribution < 1.29 is 4.79 Å². The molecule has 0 aliphatic heterocycles. The zero-order valence-electron chi connectivity index (χ0n) is 12.0. The summed E-state index contributed by atoms with van der Waals surface area (Å²) in [6.45, 7) is 11.8. The molecule has 0 amide bonds. The Kier molecular flexibility index (Phi) is 3.00. The van der Waals surface area contributed by atoms with E-state index in [0.29, 0.717) is 17.3 Å². The summed E-state index contributed by atoms with van der Waals surface area (Å²) in [6.07, 6.45) is 5.77. The molecule has 2 aliphatic rings. The molecule has 96 valence electrons. The van der Waals surface area contributed by atoms with Crippen LogP contribution in [0.2, 0.25) is 0 Å². The van der Waals surface area contributed by atoms with E-state index in [0.717, 1.165) is 24.7 Å². The van der Waals surface area contributed by atoms with Gasteiger partial charge in [0.2, 0.25) is 0 Å². The molecule has 2 rings (SSSR count). The maximum atomic E-state index is 11.4. The average Bonchev–Trinajstić information content (AvgIpc) is 2.49. The molecule has 0 spiro atoms. The molecular weight excluding hydrogens is 208 g/mol. The highest BCUT2D eigenvalue weighted by Crippen LogP contribution is 2.65. The van der Waals surface area contributed by atoms with Gasteiger partial charge in [-0.15, -0.1) is 0 Å². The van der Waals surface area contributed by atoms with Gasteiger partial charge in [0.15, 0.2) is 0 Å². The fourth-order valence-corrected chi connectivity index (χ4v) is 4.48. The predicted molar refractivity (Wildman–Crippen MR) is 71.8 cm³/mol. The monoisotopic (exact) mass is 234 g/mol. The van der Waals surface area contributed by atoms with Crippen LogP contribution in [0.15, 0.2) is 11.1 Å². The maximum absolute atomic E-state index is 11.4. The number of carbonyl (C=O) groups excluding carboxylic acids is 1. The lowest BCUT2D eigenvalue weighted by Gasteiger charge is -2.35. The largest absolute Gasteiger partial charge is 0.298 e. The van der Waals surface area contributed by atoms with Gasteiger partial charge < -0.3 is 0 Å². The number of carbonyl (C=O) groups is 1. The molecule has 1 saturated carbocycles. The van der Waals surface area contributed by atoms with E-state index < -0.39 is 0 Å². The third-order valence-corrected chi connectivity index (χ3v) is 6.10. The second-order valence-corrected chi connectivity index (χ2v) is 6.82. The Hall–Kier alpha value is -0.590. The Bertz CT molecular complexity index is 364. The van der Waals surface area contributed by atoms with Crippen LogP contribution in [0.1, 0.15) is 60.3 Å². The van der Waals surface area contributed by atoms with Crippen LogP contribution < -0.4 is 0 Å². The second kappa shape index (κ2) is 3.96. The quantitative estimate of drug-likeness (QED) is 0.648. The van der Waals surface area contributed by atoms with Crippen LogP contribution >= 0.6 is 0 Å². The van der Waals surface area contributed by atoms with Crippen LogP contribution in [0.3, 0.4) is 0 Å². The molecule has 0 heterocycles. The van der Waals surface area contributed by atoms with E-state index in [2.05, 4.69) is 34.6 Å². The van der Waals surface area contributed by atoms with Crippen LogP contribution in [0.4, 0.5) is 0 Å². The van der Waals surface area contributed by atoms with Crippen molar-refractivity contribution in [1.82, 2.24) is 0 Å². The minimum absolute atomic E-state index is 0.241. The smallest absolute Gasteiger partial charge is 0.146 e. The van der Waals surface area contributed by atoms with Crippen LogP contribution in [0.25, 0.3) is 0 Å². The van der Waals surface area contributed by atoms with Gasteiger partial charge in [0.05, 0.1) is 0 Å². The Balaban J connectivity index is 2.62. The lowest BCUT2D eigenvalue weighted by atomic mass is 9.69. The van der Waals surface area contributed by atoms with Crippen molar-refractivity contribution in [2.24, 2.45) is 22.7 Å². The molecule has 3 unspecified atom stereocenters. The highest BCUT2D eigenvalue weighted by Gasteiger charge is 2.56. The standard InChI is InChI=1S/C16H26O/c1-6-16(5)11(2)15(3,4)13-9-7-8-12(10-17)14(13)16/h10-11,13H,6-9H2,1-5H3. The minimum atomic E-state index is 0.241. The summed E-state index contributed by atoms with van der Waals surface area (Å²) in [5, 5.41) is 0. The van der Waals surface area contributed by atoms with Crippen LogP contribution in [-0.4, -0.2) is 6.29 Å². The van der Waals surface area contributed by atoms with Crippen LogP contribution in [-0.2, 0) is 4.79 Å². The summed E-state index contributed by atoms with van der Waals surface area (Å²) >= 11 is 0. The van der Waals surface area contributed by atoms with Gasteiger partial charge in [0.25, 0.3) is 0 Å². The first kappa shape index (κ1) is 12.9. The fraction of sp³-hybridized carbons (Fsp3) is 0.812. The van der Waals surface area contributed by atoms with Crippen LogP contribution in [0, 0.1) is 22.7 Å². The molecule has 0 radical (unpaired) electrons. The van der Waals surface area contributed by atoms with Crippen molar-refractivity contribution in [3.05, 3.63) is 11.1 Å². The van der Waals surface area contributed by atoms with Gasteiger partial charge in [-0.1, -0.05) is 40.2 Å². The van der Waals surface area contributed by atoms with Gasteiger partial charge in [0.1, 0.15) is 6.29 Å². The second-order valence-electron chi connectivity index (χ2n) is 6.82. The molecule has 0 aromatic carbocycles. The summed E-state index contributed by atoms with van der Waals surface area (Å²) < 4.78 is 0. The van der Waals surface area contributed by atoms with Gasteiger partial charge >= 0.3 is 0 Å². The van der Waals surface area contributed by atoms with E-state index in [-0.39, 0.29) is 5.41 Å². The number of allylic oxidation sites excluding steroid dienone is 2. The Labute approximate surface area is 106 Å². The molecular formula is C16H26O. The Morgan fingerprint density at radius 1 is 1.35 bits per heavy atom. The van der Waals surface area contributed by atoms with Gasteiger partial charge in [-0.25, -0.2) is 0 Å². The van der Waals surface area contributed by atoms with Crippen molar-refractivity contribution in [1.29, 1.82) is 0 Å². The molecule has 0 saturated heterocycles. The molecule has 1 heteroatoms. The van der Waals surface area contributed by atoms with Gasteiger partial charge in [-0.3, -0.25) is 4.79 Å². The normalized spacial score (nSPS) is 40.3. The maximum Gasteiger partial charge on any atom is 0.146 e. The number of aldehydes is 1. The minimum Gasteiger partial charge on any atom is -0.298 e. The third kappa shape index (κ3) is 1.54. The van der Waals surface area contributed by atoms with Crippen molar-refractivity contribution in [2.75, 3.05) is 0 Å². The topological polar surface area (TPSA) is 17.1 Å². The van der Waals surface area contributed by atoms with E-state index in [1.165, 1.54) is 18.4 Å². The summed E-state index contributed by atoms with van der Waals surface area (Å²) in [5.74, 6) is 1.30. The van der Waals surface area contributed by atoms with E-state index in [1.807, 2.05) is 0 Å². The molecule has 0 aromatic rings. The number of fused-ring (bicyclic) bond motifs is 1. The first-order chi connectivity index (χ1) is 7.89. The molecule has 2 aliphatic carbocycles. The van der Waals surface area contributed by atoms with E-state index in [9.17, 15) is 4.79 Å². The van der Waals surface area contributed by atoms with Crippen molar-refractivity contribution in [3.63, 3.8) is 0 Å². The van der Waals surface area contributed by atoms with E-state index in [1.54, 1.807) is 0 Å². The number of rotatable bonds is 2. The molecule has 0 bridgehead atoms. The Morgan fingerprint density at radius 3 is 2.53 bits per heavy atom. The summed E-state index contributed by atoms with van der Waals surface area (Å²) in [5.41, 5.74) is 3.22. The molecule has 1 nitrogen and oxygen atoms in total. The number of hydrogen-bond donors (Lipinski definition) is 0. The SMILES string of the molecule is CCC1(C)C2=C(C=O)CCCC2C(C)(C)C1C. The van der Waals surface area contributed by atoms with Gasteiger partial charge in [-0.05, 0) is 53.9 Å². The fourth-order valence-electron chi connectivity index (χ4n) is 4.48. The van der Waals surface area contributed by atoms with Crippen molar-refractivity contribution >= 4 is 6.29 Å². The van der Waals surface area contributed by atoms with Gasteiger partial charge in [0, 0.05) is 0 Å². The molecule has 1 fully saturated rings. The molecule has 0 N–H and O–H groups in total. The van der Waals surface area contributed by atoms with E-state index in [4.69, 9.17) is 0 Å². The summed E-state index contributed by atoms with van der Waals surface area (Å²) in [4.78, 5) is 11.4. The molecule has 0 aromatic heterocycles. The lowest BCUT2D eigenvalue weighted by molar-refractivity contribution is -0.105. The molecule has 3 atom stereocenters. The van der Waals surface area contributed by atoms with Crippen LogP contribution in [0.5, 0.6) is 0 Å². The van der Waals surface area contributed by atoms with E-state index >= 15 is 0 Å². The summed E-state index contributed by atoms with van der Waals surface area (Å²) in [6, 6.07) is 0. The van der Waals surface area contributed by atoms with Gasteiger partial charge in [-0.2, -0.15) is 0 Å². The third-order valence-electron chi connectivity index (χ3n) is 6.10. The predicted octanol–water partition coefficient (Wildman–Crippen LogP) is 4.37. The first-order valence-electron chi connectivity index (χ1n) is 7.08. The zero-order chi connectivity index (χ0) is 12.8. The lowest BCUT2D eigenvalue weighted by Crippen LogP contribution is -2.28. The zero-order valence-corrected chi connectivity index (χ0v) is 12.0.